The van der Waals surface area contributed by atoms with E-state index in [9.17, 15) is 4.79 Å². The summed E-state index contributed by atoms with van der Waals surface area (Å²) in [5.41, 5.74) is 0. The van der Waals surface area contributed by atoms with Crippen LogP contribution in [0.25, 0.3) is 0 Å². The lowest BCUT2D eigenvalue weighted by Gasteiger charge is -1.92. The summed E-state index contributed by atoms with van der Waals surface area (Å²) >= 11 is 4.68. The molecule has 0 saturated carbocycles. The third-order valence-corrected chi connectivity index (χ3v) is 0.768. The van der Waals surface area contributed by atoms with Crippen molar-refractivity contribution in [3.05, 3.63) is 0 Å². The highest BCUT2D eigenvalue weighted by Crippen LogP contribution is 1.88. The standard InChI is InChI=1S/C4H7ClO3/c1-7-3-2-4(6)8-5/h2-3H2,1H3. The molecule has 0 rings (SSSR count). The lowest BCUT2D eigenvalue weighted by atomic mass is 10.5. The number of ether oxygens (including phenoxy) is 1. The van der Waals surface area contributed by atoms with Crippen molar-refractivity contribution in [1.82, 2.24) is 0 Å². The Kier molecular flexibility index (Phi) is 4.70. The smallest absolute Gasteiger partial charge is 0.327 e. The van der Waals surface area contributed by atoms with E-state index in [1.165, 1.54) is 7.11 Å². The minimum atomic E-state index is -0.464. The van der Waals surface area contributed by atoms with Gasteiger partial charge in [-0.2, -0.15) is 0 Å². The molecule has 0 spiro atoms. The van der Waals surface area contributed by atoms with E-state index in [1.807, 2.05) is 0 Å². The van der Waals surface area contributed by atoms with Crippen LogP contribution in [0.5, 0.6) is 0 Å². The lowest BCUT2D eigenvalue weighted by molar-refractivity contribution is -0.134. The summed E-state index contributed by atoms with van der Waals surface area (Å²) in [6.45, 7) is 0.353. The highest BCUT2D eigenvalue weighted by atomic mass is 35.5. The Morgan fingerprint density at radius 2 is 2.38 bits per heavy atom. The Morgan fingerprint density at radius 3 is 2.75 bits per heavy atom. The summed E-state index contributed by atoms with van der Waals surface area (Å²) in [5, 5.41) is 0. The van der Waals surface area contributed by atoms with Crippen LogP contribution >= 0.6 is 11.9 Å². The third kappa shape index (κ3) is 3.89. The summed E-state index contributed by atoms with van der Waals surface area (Å²) in [6, 6.07) is 0. The molecule has 0 N–H and O–H groups in total. The second kappa shape index (κ2) is 4.87. The maximum absolute atomic E-state index is 10.1. The van der Waals surface area contributed by atoms with Gasteiger partial charge in [0, 0.05) is 7.11 Å². The molecule has 0 bridgehead atoms. The molecule has 0 fully saturated rings. The number of methoxy groups -OCH3 is 1. The van der Waals surface area contributed by atoms with Crippen LogP contribution in [0.1, 0.15) is 6.42 Å². The van der Waals surface area contributed by atoms with E-state index in [0.29, 0.717) is 6.61 Å². The van der Waals surface area contributed by atoms with E-state index >= 15 is 0 Å². The summed E-state index contributed by atoms with van der Waals surface area (Å²) < 4.78 is 8.36. The number of carbonyl (C=O) groups is 1. The minimum Gasteiger partial charge on any atom is -0.384 e. The van der Waals surface area contributed by atoms with E-state index in [1.54, 1.807) is 0 Å². The molecular weight excluding hydrogens is 131 g/mol. The van der Waals surface area contributed by atoms with Gasteiger partial charge in [-0.15, -0.1) is 0 Å². The Balaban J connectivity index is 2.99. The fourth-order valence-corrected chi connectivity index (χ4v) is 0.301. The van der Waals surface area contributed by atoms with Gasteiger partial charge in [-0.25, -0.2) is 0 Å². The molecule has 0 heterocycles. The predicted molar refractivity (Wildman–Crippen MR) is 28.4 cm³/mol. The Labute approximate surface area is 52.7 Å². The van der Waals surface area contributed by atoms with Gasteiger partial charge in [0.25, 0.3) is 0 Å². The van der Waals surface area contributed by atoms with Crippen molar-refractivity contribution in [1.29, 1.82) is 0 Å². The van der Waals surface area contributed by atoms with Crippen LogP contribution in [-0.2, 0) is 13.8 Å². The largest absolute Gasteiger partial charge is 0.384 e. The molecule has 0 amide bonds. The van der Waals surface area contributed by atoms with E-state index in [2.05, 4.69) is 20.9 Å². The van der Waals surface area contributed by atoms with Crippen molar-refractivity contribution in [2.75, 3.05) is 13.7 Å². The van der Waals surface area contributed by atoms with Gasteiger partial charge in [0.1, 0.15) is 11.9 Å². The molecule has 0 unspecified atom stereocenters. The fraction of sp³-hybridized carbons (Fsp3) is 0.750. The van der Waals surface area contributed by atoms with E-state index < -0.39 is 5.97 Å². The Hall–Kier alpha value is -0.280. The van der Waals surface area contributed by atoms with E-state index in [-0.39, 0.29) is 6.42 Å². The number of carbonyl (C=O) groups excluding carboxylic acids is 1. The van der Waals surface area contributed by atoms with Crippen LogP contribution in [0.4, 0.5) is 0 Å². The molecule has 4 heteroatoms. The van der Waals surface area contributed by atoms with Crippen LogP contribution in [0.2, 0.25) is 0 Å². The van der Waals surface area contributed by atoms with Crippen molar-refractivity contribution >= 4 is 17.8 Å². The Bertz CT molecular complexity index is 73.7. The normalized spacial score (nSPS) is 8.75. The van der Waals surface area contributed by atoms with Crippen molar-refractivity contribution in [2.24, 2.45) is 0 Å². The molecule has 8 heavy (non-hydrogen) atoms. The summed E-state index contributed by atoms with van der Waals surface area (Å²) in [7, 11) is 1.50. The second-order valence-corrected chi connectivity index (χ2v) is 1.35. The first-order valence-electron chi connectivity index (χ1n) is 2.11. The second-order valence-electron chi connectivity index (χ2n) is 1.19. The van der Waals surface area contributed by atoms with Gasteiger partial charge in [0.15, 0.2) is 0 Å². The molecule has 0 aromatic carbocycles. The predicted octanol–water partition coefficient (Wildman–Crippen LogP) is 0.720. The molecule has 0 atom stereocenters. The van der Waals surface area contributed by atoms with Gasteiger partial charge in [-0.1, -0.05) is 0 Å². The quantitative estimate of drug-likeness (QED) is 0.577. The van der Waals surface area contributed by atoms with Crippen LogP contribution in [0.15, 0.2) is 0 Å². The Morgan fingerprint density at radius 1 is 1.75 bits per heavy atom. The average Bonchev–Trinajstić information content (AvgIpc) is 1.83. The lowest BCUT2D eigenvalue weighted by Crippen LogP contribution is -2.00. The van der Waals surface area contributed by atoms with E-state index in [0.717, 1.165) is 0 Å². The zero-order valence-electron chi connectivity index (χ0n) is 4.52. The first-order valence-corrected chi connectivity index (χ1v) is 2.42. The SMILES string of the molecule is COCCC(=O)OCl. The maximum Gasteiger partial charge on any atom is 0.327 e. The average molecular weight is 139 g/mol. The van der Waals surface area contributed by atoms with Gasteiger partial charge in [-0.05, 0) is 0 Å². The van der Waals surface area contributed by atoms with Gasteiger partial charge >= 0.3 is 5.97 Å². The molecule has 0 aliphatic carbocycles. The molecule has 0 aromatic heterocycles. The molecule has 48 valence electrons. The van der Waals surface area contributed by atoms with Gasteiger partial charge < -0.3 is 9.03 Å². The minimum absolute atomic E-state index is 0.208. The van der Waals surface area contributed by atoms with Crippen molar-refractivity contribution in [2.45, 2.75) is 6.42 Å². The first kappa shape index (κ1) is 7.72. The number of hydrogen-bond acceptors (Lipinski definition) is 3. The van der Waals surface area contributed by atoms with Crippen molar-refractivity contribution < 1.29 is 13.8 Å². The molecule has 0 aliphatic rings. The van der Waals surface area contributed by atoms with Crippen LogP contribution in [0.3, 0.4) is 0 Å². The third-order valence-electron chi connectivity index (χ3n) is 0.596. The summed E-state index contributed by atoms with van der Waals surface area (Å²) in [4.78, 5) is 10.1. The van der Waals surface area contributed by atoms with Crippen LogP contribution in [0, 0.1) is 0 Å². The first-order chi connectivity index (χ1) is 3.81. The maximum atomic E-state index is 10.1. The van der Waals surface area contributed by atoms with Crippen LogP contribution < -0.4 is 0 Å². The zero-order valence-corrected chi connectivity index (χ0v) is 5.27. The van der Waals surface area contributed by atoms with Crippen LogP contribution in [-0.4, -0.2) is 19.7 Å². The molecule has 0 radical (unpaired) electrons. The monoisotopic (exact) mass is 138 g/mol. The fourth-order valence-electron chi connectivity index (χ4n) is 0.224. The molecule has 0 aromatic rings. The number of rotatable bonds is 3. The molecule has 0 aliphatic heterocycles. The van der Waals surface area contributed by atoms with Crippen molar-refractivity contribution in [3.63, 3.8) is 0 Å². The van der Waals surface area contributed by atoms with Gasteiger partial charge in [0.2, 0.25) is 0 Å². The summed E-state index contributed by atoms with van der Waals surface area (Å²) in [6.07, 6.45) is 0.208. The molecule has 3 nitrogen and oxygen atoms in total. The van der Waals surface area contributed by atoms with Crippen molar-refractivity contribution in [3.8, 4) is 0 Å². The molecular formula is C4H7ClO3. The van der Waals surface area contributed by atoms with Gasteiger partial charge in [0.05, 0.1) is 13.0 Å². The molecule has 0 saturated heterocycles. The zero-order chi connectivity index (χ0) is 6.41. The topological polar surface area (TPSA) is 35.5 Å². The van der Waals surface area contributed by atoms with Gasteiger partial charge in [-0.3, -0.25) is 4.79 Å². The number of hydrogen-bond donors (Lipinski definition) is 0. The number of halogens is 1. The highest BCUT2D eigenvalue weighted by Gasteiger charge is 1.97. The summed E-state index contributed by atoms with van der Waals surface area (Å²) in [5.74, 6) is -0.464. The van der Waals surface area contributed by atoms with E-state index in [4.69, 9.17) is 0 Å². The highest BCUT2D eigenvalue weighted by molar-refractivity contribution is 6.13.